The van der Waals surface area contributed by atoms with Crippen LogP contribution >= 0.6 is 15.9 Å². The Balaban J connectivity index is 1.54. The van der Waals surface area contributed by atoms with Crippen molar-refractivity contribution in [1.82, 2.24) is 9.80 Å². The second-order valence-corrected chi connectivity index (χ2v) is 6.45. The maximum absolute atomic E-state index is 5.35. The van der Waals surface area contributed by atoms with Gasteiger partial charge in [0.15, 0.2) is 0 Å². The van der Waals surface area contributed by atoms with Gasteiger partial charge >= 0.3 is 0 Å². The Morgan fingerprint density at radius 2 is 2.00 bits per heavy atom. The van der Waals surface area contributed by atoms with Crippen LogP contribution in [0.15, 0.2) is 0 Å². The molecule has 0 unspecified atom stereocenters. The van der Waals surface area contributed by atoms with E-state index in [1.165, 1.54) is 32.5 Å². The predicted molar refractivity (Wildman–Crippen MR) is 70.2 cm³/mol. The van der Waals surface area contributed by atoms with Crippen molar-refractivity contribution in [3.63, 3.8) is 0 Å². The van der Waals surface area contributed by atoms with Crippen LogP contribution in [0.5, 0.6) is 0 Å². The summed E-state index contributed by atoms with van der Waals surface area (Å²) in [5.74, 6) is 0.930. The molecular weight excluding hydrogens is 268 g/mol. The quantitative estimate of drug-likeness (QED) is 0.713. The van der Waals surface area contributed by atoms with Crippen LogP contribution in [0, 0.1) is 5.92 Å². The lowest BCUT2D eigenvalue weighted by atomic mass is 9.85. The van der Waals surface area contributed by atoms with Crippen molar-refractivity contribution in [2.75, 3.05) is 53.0 Å². The van der Waals surface area contributed by atoms with Gasteiger partial charge in [-0.1, -0.05) is 15.9 Å². The van der Waals surface area contributed by atoms with E-state index < -0.39 is 0 Å². The fourth-order valence-electron chi connectivity index (χ4n) is 2.47. The Morgan fingerprint density at radius 1 is 1.31 bits per heavy atom. The molecule has 2 fully saturated rings. The SMILES string of the molecule is CN(CCN1CCOCC1)CC1CC(Br)C1. The molecule has 0 N–H and O–H groups in total. The van der Waals surface area contributed by atoms with Gasteiger partial charge in [-0.25, -0.2) is 0 Å². The second kappa shape index (κ2) is 6.34. The van der Waals surface area contributed by atoms with Crippen LogP contribution in [0.4, 0.5) is 0 Å². The van der Waals surface area contributed by atoms with Crippen molar-refractivity contribution >= 4 is 15.9 Å². The van der Waals surface area contributed by atoms with Gasteiger partial charge in [0.25, 0.3) is 0 Å². The Morgan fingerprint density at radius 3 is 2.62 bits per heavy atom. The largest absolute Gasteiger partial charge is 0.379 e. The molecule has 0 aromatic rings. The first-order valence-electron chi connectivity index (χ1n) is 6.37. The molecule has 4 heteroatoms. The molecule has 0 amide bonds. The van der Waals surface area contributed by atoms with Crippen molar-refractivity contribution in [3.05, 3.63) is 0 Å². The van der Waals surface area contributed by atoms with Gasteiger partial charge in [0, 0.05) is 37.6 Å². The van der Waals surface area contributed by atoms with Gasteiger partial charge in [-0.3, -0.25) is 4.90 Å². The Bertz CT molecular complexity index is 203. The van der Waals surface area contributed by atoms with Gasteiger partial charge in [0.2, 0.25) is 0 Å². The first-order chi connectivity index (χ1) is 7.74. The molecule has 3 nitrogen and oxygen atoms in total. The van der Waals surface area contributed by atoms with E-state index in [1.54, 1.807) is 0 Å². The molecule has 0 bridgehead atoms. The third kappa shape index (κ3) is 3.99. The molecule has 2 rings (SSSR count). The first kappa shape index (κ1) is 12.8. The average Bonchev–Trinajstić information content (AvgIpc) is 2.26. The minimum Gasteiger partial charge on any atom is -0.379 e. The standard InChI is InChI=1S/C12H23BrN2O/c1-14(10-11-8-12(13)9-11)2-3-15-4-6-16-7-5-15/h11-12H,2-10H2,1H3. The Labute approximate surface area is 107 Å². The molecule has 1 aliphatic carbocycles. The smallest absolute Gasteiger partial charge is 0.0594 e. The molecule has 1 heterocycles. The summed E-state index contributed by atoms with van der Waals surface area (Å²) in [4.78, 5) is 5.79. The van der Waals surface area contributed by atoms with Gasteiger partial charge in [0.1, 0.15) is 0 Å². The number of morpholine rings is 1. The molecule has 0 aromatic heterocycles. The number of alkyl halides is 1. The van der Waals surface area contributed by atoms with Crippen LogP contribution in [0.3, 0.4) is 0 Å². The highest BCUT2D eigenvalue weighted by molar-refractivity contribution is 9.09. The third-order valence-electron chi connectivity index (χ3n) is 3.65. The maximum atomic E-state index is 5.35. The zero-order chi connectivity index (χ0) is 11.4. The number of nitrogens with zero attached hydrogens (tertiary/aromatic N) is 2. The predicted octanol–water partition coefficient (Wildman–Crippen LogP) is 1.42. The van der Waals surface area contributed by atoms with E-state index in [4.69, 9.17) is 4.74 Å². The molecule has 1 saturated heterocycles. The summed E-state index contributed by atoms with van der Waals surface area (Å²) >= 11 is 3.65. The number of hydrogen-bond acceptors (Lipinski definition) is 3. The summed E-state index contributed by atoms with van der Waals surface area (Å²) in [7, 11) is 2.25. The molecule has 1 aliphatic heterocycles. The van der Waals surface area contributed by atoms with Crippen molar-refractivity contribution in [3.8, 4) is 0 Å². The molecular formula is C12H23BrN2O. The molecule has 0 radical (unpaired) electrons. The highest BCUT2D eigenvalue weighted by Crippen LogP contribution is 2.33. The number of hydrogen-bond donors (Lipinski definition) is 0. The molecule has 16 heavy (non-hydrogen) atoms. The van der Waals surface area contributed by atoms with Crippen LogP contribution in [-0.4, -0.2) is 67.6 Å². The molecule has 2 aliphatic rings. The van der Waals surface area contributed by atoms with Gasteiger partial charge in [-0.05, 0) is 25.8 Å². The zero-order valence-corrected chi connectivity index (χ0v) is 11.8. The van der Waals surface area contributed by atoms with Crippen LogP contribution in [0.1, 0.15) is 12.8 Å². The summed E-state index contributed by atoms with van der Waals surface area (Å²) in [6.07, 6.45) is 2.73. The van der Waals surface area contributed by atoms with Crippen LogP contribution in [0.2, 0.25) is 0 Å². The lowest BCUT2D eigenvalue weighted by molar-refractivity contribution is 0.0333. The molecule has 0 atom stereocenters. The zero-order valence-electron chi connectivity index (χ0n) is 10.2. The lowest BCUT2D eigenvalue weighted by Crippen LogP contribution is -2.42. The van der Waals surface area contributed by atoms with Crippen molar-refractivity contribution in [2.24, 2.45) is 5.92 Å². The van der Waals surface area contributed by atoms with E-state index >= 15 is 0 Å². The van der Waals surface area contributed by atoms with Crippen molar-refractivity contribution in [1.29, 1.82) is 0 Å². The lowest BCUT2D eigenvalue weighted by Gasteiger charge is -2.35. The minimum absolute atomic E-state index is 0.796. The normalized spacial score (nSPS) is 31.7. The second-order valence-electron chi connectivity index (χ2n) is 5.15. The summed E-state index contributed by atoms with van der Waals surface area (Å²) < 4.78 is 5.35. The maximum Gasteiger partial charge on any atom is 0.0594 e. The summed E-state index contributed by atoms with van der Waals surface area (Å²) in [6, 6.07) is 0. The highest BCUT2D eigenvalue weighted by Gasteiger charge is 2.27. The summed E-state index contributed by atoms with van der Waals surface area (Å²) in [5.41, 5.74) is 0. The summed E-state index contributed by atoms with van der Waals surface area (Å²) in [6.45, 7) is 7.72. The number of rotatable bonds is 5. The minimum atomic E-state index is 0.796. The Hall–Kier alpha value is 0.360. The van der Waals surface area contributed by atoms with E-state index in [9.17, 15) is 0 Å². The fraction of sp³-hybridized carbons (Fsp3) is 1.00. The van der Waals surface area contributed by atoms with Crippen molar-refractivity contribution in [2.45, 2.75) is 17.7 Å². The van der Waals surface area contributed by atoms with Crippen LogP contribution < -0.4 is 0 Å². The fourth-order valence-corrected chi connectivity index (χ4v) is 3.53. The van der Waals surface area contributed by atoms with Gasteiger partial charge in [-0.15, -0.1) is 0 Å². The van der Waals surface area contributed by atoms with Crippen molar-refractivity contribution < 1.29 is 4.74 Å². The molecule has 94 valence electrons. The number of ether oxygens (including phenoxy) is 1. The van der Waals surface area contributed by atoms with Gasteiger partial charge in [0.05, 0.1) is 13.2 Å². The van der Waals surface area contributed by atoms with Crippen LogP contribution in [0.25, 0.3) is 0 Å². The molecule has 0 spiro atoms. The Kier molecular flexibility index (Phi) is 5.07. The highest BCUT2D eigenvalue weighted by atomic mass is 79.9. The van der Waals surface area contributed by atoms with E-state index in [0.29, 0.717) is 0 Å². The first-order valence-corrected chi connectivity index (χ1v) is 7.28. The molecule has 1 saturated carbocycles. The monoisotopic (exact) mass is 290 g/mol. The van der Waals surface area contributed by atoms with E-state index in [0.717, 1.165) is 37.0 Å². The van der Waals surface area contributed by atoms with Gasteiger partial charge in [-0.2, -0.15) is 0 Å². The van der Waals surface area contributed by atoms with Crippen LogP contribution in [-0.2, 0) is 4.74 Å². The topological polar surface area (TPSA) is 15.7 Å². The third-order valence-corrected chi connectivity index (χ3v) is 4.40. The summed E-state index contributed by atoms with van der Waals surface area (Å²) in [5, 5.41) is 0. The number of halogens is 1. The van der Waals surface area contributed by atoms with E-state index in [2.05, 4.69) is 32.8 Å². The molecule has 0 aromatic carbocycles. The average molecular weight is 291 g/mol. The van der Waals surface area contributed by atoms with E-state index in [1.807, 2.05) is 0 Å². The number of likely N-dealkylation sites (N-methyl/N-ethyl adjacent to an activating group) is 1. The van der Waals surface area contributed by atoms with Gasteiger partial charge < -0.3 is 9.64 Å². The van der Waals surface area contributed by atoms with E-state index in [-0.39, 0.29) is 0 Å².